The van der Waals surface area contributed by atoms with E-state index >= 15 is 0 Å². The molecule has 1 saturated carbocycles. The molecule has 6 nitrogen and oxygen atoms in total. The van der Waals surface area contributed by atoms with E-state index in [9.17, 15) is 8.42 Å². The molecule has 1 heterocycles. The molecule has 2 rings (SSSR count). The third-order valence-electron chi connectivity index (χ3n) is 4.12. The minimum atomic E-state index is -3.49. The molecule has 1 N–H and O–H groups in total. The van der Waals surface area contributed by atoms with E-state index in [1.54, 1.807) is 7.05 Å². The molecule has 7 heteroatoms. The zero-order valence-electron chi connectivity index (χ0n) is 12.1. The van der Waals surface area contributed by atoms with Crippen LogP contribution in [0.3, 0.4) is 0 Å². The summed E-state index contributed by atoms with van der Waals surface area (Å²) >= 11 is 0. The van der Waals surface area contributed by atoms with Gasteiger partial charge in [-0.25, -0.2) is 8.42 Å². The highest BCUT2D eigenvalue weighted by molar-refractivity contribution is 7.89. The molecule has 0 spiro atoms. The lowest BCUT2D eigenvalue weighted by Gasteiger charge is -2.32. The van der Waals surface area contributed by atoms with E-state index in [4.69, 9.17) is 5.11 Å². The molecule has 1 aliphatic rings. The highest BCUT2D eigenvalue weighted by atomic mass is 32.2. The summed E-state index contributed by atoms with van der Waals surface area (Å²) in [5, 5.41) is 12.8. The Morgan fingerprint density at radius 3 is 2.65 bits per heavy atom. The Morgan fingerprint density at radius 1 is 1.40 bits per heavy atom. The maximum atomic E-state index is 12.5. The summed E-state index contributed by atoms with van der Waals surface area (Å²) in [6, 6.07) is 0.0809. The lowest BCUT2D eigenvalue weighted by molar-refractivity contribution is 0.246. The fourth-order valence-corrected chi connectivity index (χ4v) is 4.04. The van der Waals surface area contributed by atoms with Crippen LogP contribution in [0.15, 0.2) is 17.3 Å². The van der Waals surface area contributed by atoms with Crippen LogP contribution in [0.2, 0.25) is 0 Å². The topological polar surface area (TPSA) is 75.4 Å². The Balaban J connectivity index is 2.12. The lowest BCUT2D eigenvalue weighted by Crippen LogP contribution is -2.39. The van der Waals surface area contributed by atoms with Crippen LogP contribution in [0.5, 0.6) is 0 Å². The second-order valence-corrected chi connectivity index (χ2v) is 7.60. The van der Waals surface area contributed by atoms with Crippen molar-refractivity contribution in [3.8, 4) is 0 Å². The quantitative estimate of drug-likeness (QED) is 0.883. The maximum Gasteiger partial charge on any atom is 0.246 e. The number of aliphatic hydroxyl groups excluding tert-OH is 1. The summed E-state index contributed by atoms with van der Waals surface area (Å²) in [4.78, 5) is 0.201. The van der Waals surface area contributed by atoms with Gasteiger partial charge in [0.05, 0.1) is 19.3 Å². The number of hydrogen-bond acceptors (Lipinski definition) is 4. The van der Waals surface area contributed by atoms with Gasteiger partial charge in [0.25, 0.3) is 0 Å². The minimum Gasteiger partial charge on any atom is -0.394 e. The summed E-state index contributed by atoms with van der Waals surface area (Å²) in [5.41, 5.74) is 0. The second-order valence-electron chi connectivity index (χ2n) is 5.60. The van der Waals surface area contributed by atoms with Crippen LogP contribution in [-0.4, -0.2) is 47.3 Å². The first-order valence-electron chi connectivity index (χ1n) is 7.06. The van der Waals surface area contributed by atoms with E-state index in [0.29, 0.717) is 12.5 Å². The number of aromatic nitrogens is 2. The average Bonchev–Trinajstić information content (AvgIpc) is 2.88. The molecular weight excluding hydrogens is 278 g/mol. The Hall–Kier alpha value is -0.920. The van der Waals surface area contributed by atoms with Crippen molar-refractivity contribution in [2.45, 2.75) is 50.1 Å². The van der Waals surface area contributed by atoms with E-state index in [2.05, 4.69) is 12.0 Å². The highest BCUT2D eigenvalue weighted by Gasteiger charge is 2.31. The lowest BCUT2D eigenvalue weighted by atomic mass is 9.87. The Labute approximate surface area is 120 Å². The largest absolute Gasteiger partial charge is 0.394 e. The van der Waals surface area contributed by atoms with Gasteiger partial charge in [0, 0.05) is 19.3 Å². The van der Waals surface area contributed by atoms with Gasteiger partial charge < -0.3 is 5.11 Å². The minimum absolute atomic E-state index is 0.0580. The van der Waals surface area contributed by atoms with Gasteiger partial charge >= 0.3 is 0 Å². The first kappa shape index (κ1) is 15.5. The monoisotopic (exact) mass is 301 g/mol. The van der Waals surface area contributed by atoms with Crippen LogP contribution in [0.25, 0.3) is 0 Å². The normalized spacial score (nSPS) is 24.2. The van der Waals surface area contributed by atoms with Crippen molar-refractivity contribution in [1.29, 1.82) is 0 Å². The maximum absolute atomic E-state index is 12.5. The van der Waals surface area contributed by atoms with Gasteiger partial charge in [-0.05, 0) is 31.6 Å². The molecule has 1 aromatic heterocycles. The summed E-state index contributed by atoms with van der Waals surface area (Å²) in [7, 11) is -1.83. The summed E-state index contributed by atoms with van der Waals surface area (Å²) in [6.07, 6.45) is 6.83. The molecule has 1 fully saturated rings. The van der Waals surface area contributed by atoms with Crippen LogP contribution in [0.4, 0.5) is 0 Å². The predicted molar refractivity (Wildman–Crippen MR) is 75.7 cm³/mol. The molecule has 0 bridgehead atoms. The number of hydrogen-bond donors (Lipinski definition) is 1. The molecule has 0 aliphatic heterocycles. The number of aliphatic hydroxyl groups is 1. The van der Waals surface area contributed by atoms with Crippen LogP contribution < -0.4 is 0 Å². The molecule has 0 radical (unpaired) electrons. The van der Waals surface area contributed by atoms with Gasteiger partial charge in [-0.2, -0.15) is 9.40 Å². The molecule has 0 unspecified atom stereocenters. The fourth-order valence-electron chi connectivity index (χ4n) is 2.67. The standard InChI is InChI=1S/C13H23N3O3S/c1-11-3-5-12(6-4-11)15(2)20(18,19)13-9-14-16(10-13)7-8-17/h9-12,17H,3-8H2,1-2H3. The summed E-state index contributed by atoms with van der Waals surface area (Å²) in [5.74, 6) is 0.689. The fraction of sp³-hybridized carbons (Fsp3) is 0.769. The summed E-state index contributed by atoms with van der Waals surface area (Å²) < 4.78 is 28.0. The van der Waals surface area contributed by atoms with Crippen molar-refractivity contribution in [3.63, 3.8) is 0 Å². The molecular formula is C13H23N3O3S. The third-order valence-corrected chi connectivity index (χ3v) is 5.98. The smallest absolute Gasteiger partial charge is 0.246 e. The first-order valence-corrected chi connectivity index (χ1v) is 8.50. The molecule has 1 aliphatic carbocycles. The molecule has 0 atom stereocenters. The number of sulfonamides is 1. The van der Waals surface area contributed by atoms with Gasteiger partial charge in [0.2, 0.25) is 10.0 Å². The Kier molecular flexibility index (Phi) is 4.82. The van der Waals surface area contributed by atoms with Gasteiger partial charge in [-0.15, -0.1) is 0 Å². The van der Waals surface area contributed by atoms with Crippen LogP contribution >= 0.6 is 0 Å². The van der Waals surface area contributed by atoms with E-state index in [1.807, 2.05) is 0 Å². The molecule has 0 aromatic carbocycles. The van der Waals surface area contributed by atoms with E-state index in [0.717, 1.165) is 25.7 Å². The molecule has 0 amide bonds. The van der Waals surface area contributed by atoms with Crippen LogP contribution in [-0.2, 0) is 16.6 Å². The van der Waals surface area contributed by atoms with Crippen molar-refractivity contribution < 1.29 is 13.5 Å². The number of nitrogens with zero attached hydrogens (tertiary/aromatic N) is 3. The Bertz CT molecular complexity index is 533. The van der Waals surface area contributed by atoms with E-state index in [1.165, 1.54) is 21.4 Å². The molecule has 20 heavy (non-hydrogen) atoms. The highest BCUT2D eigenvalue weighted by Crippen LogP contribution is 2.29. The van der Waals surface area contributed by atoms with E-state index < -0.39 is 10.0 Å². The SMILES string of the molecule is CC1CCC(N(C)S(=O)(=O)c2cnn(CCO)c2)CC1. The van der Waals surface area contributed by atoms with Crippen molar-refractivity contribution >= 4 is 10.0 Å². The average molecular weight is 301 g/mol. The van der Waals surface area contributed by atoms with Crippen LogP contribution in [0.1, 0.15) is 32.6 Å². The number of rotatable bonds is 5. The summed E-state index contributed by atoms with van der Waals surface area (Å²) in [6.45, 7) is 2.46. The second kappa shape index (κ2) is 6.24. The van der Waals surface area contributed by atoms with Gasteiger partial charge in [-0.1, -0.05) is 6.92 Å². The van der Waals surface area contributed by atoms with Crippen molar-refractivity contribution in [2.24, 2.45) is 5.92 Å². The van der Waals surface area contributed by atoms with Gasteiger partial charge in [-0.3, -0.25) is 4.68 Å². The van der Waals surface area contributed by atoms with Crippen molar-refractivity contribution in [2.75, 3.05) is 13.7 Å². The molecule has 0 saturated heterocycles. The van der Waals surface area contributed by atoms with Gasteiger partial charge in [0.1, 0.15) is 4.90 Å². The Morgan fingerprint density at radius 2 is 2.05 bits per heavy atom. The van der Waals surface area contributed by atoms with Crippen molar-refractivity contribution in [1.82, 2.24) is 14.1 Å². The first-order chi connectivity index (χ1) is 9.45. The zero-order valence-corrected chi connectivity index (χ0v) is 12.9. The van der Waals surface area contributed by atoms with E-state index in [-0.39, 0.29) is 17.5 Å². The van der Waals surface area contributed by atoms with Crippen LogP contribution in [0, 0.1) is 5.92 Å². The molecule has 114 valence electrons. The predicted octanol–water partition coefficient (Wildman–Crippen LogP) is 1.07. The van der Waals surface area contributed by atoms with Gasteiger partial charge in [0.15, 0.2) is 0 Å². The van der Waals surface area contributed by atoms with Crippen molar-refractivity contribution in [3.05, 3.63) is 12.4 Å². The molecule has 1 aromatic rings. The third kappa shape index (κ3) is 3.21. The zero-order chi connectivity index (χ0) is 14.8.